The molecule has 0 atom stereocenters. The summed E-state index contributed by atoms with van der Waals surface area (Å²) in [6, 6.07) is 5.41. The molecule has 21 heavy (non-hydrogen) atoms. The summed E-state index contributed by atoms with van der Waals surface area (Å²) in [7, 11) is 0. The number of nitrogens with one attached hydrogen (secondary N) is 1. The van der Waals surface area contributed by atoms with Gasteiger partial charge in [-0.1, -0.05) is 35.0 Å². The normalized spacial score (nSPS) is 9.90. The zero-order valence-corrected chi connectivity index (χ0v) is 12.7. The summed E-state index contributed by atoms with van der Waals surface area (Å²) in [6.07, 6.45) is 0. The van der Waals surface area contributed by atoms with Gasteiger partial charge in [0.25, 0.3) is 5.91 Å². The summed E-state index contributed by atoms with van der Waals surface area (Å²) < 4.78 is 14.2. The number of hydrogen-bond donors (Lipinski definition) is 2. The van der Waals surface area contributed by atoms with E-state index in [1.54, 1.807) is 0 Å². The van der Waals surface area contributed by atoms with E-state index in [0.717, 1.165) is 11.3 Å². The van der Waals surface area contributed by atoms with Crippen molar-refractivity contribution in [2.75, 3.05) is 11.9 Å². The highest BCUT2D eigenvalue weighted by Crippen LogP contribution is 2.31. The van der Waals surface area contributed by atoms with E-state index in [9.17, 15) is 9.18 Å². The van der Waals surface area contributed by atoms with Crippen LogP contribution in [-0.4, -0.2) is 17.6 Å². The Labute approximate surface area is 134 Å². The highest BCUT2D eigenvalue weighted by atomic mass is 35.5. The van der Waals surface area contributed by atoms with E-state index in [0.29, 0.717) is 10.0 Å². The summed E-state index contributed by atoms with van der Waals surface area (Å²) in [5.41, 5.74) is 0.692. The number of carbonyl (C=O) groups is 1. The van der Waals surface area contributed by atoms with Gasteiger partial charge in [-0.25, -0.2) is 4.39 Å². The van der Waals surface area contributed by atoms with Crippen molar-refractivity contribution in [3.05, 3.63) is 49.9 Å². The van der Waals surface area contributed by atoms with Crippen LogP contribution in [0, 0.1) is 17.7 Å². The zero-order chi connectivity index (χ0) is 15.4. The first-order chi connectivity index (χ1) is 10.0. The molecule has 2 aromatic rings. The Bertz CT molecular complexity index is 749. The van der Waals surface area contributed by atoms with Gasteiger partial charge in [0.15, 0.2) is 0 Å². The molecule has 0 aliphatic rings. The van der Waals surface area contributed by atoms with Crippen molar-refractivity contribution in [3.63, 3.8) is 0 Å². The molecule has 0 spiro atoms. The lowest BCUT2D eigenvalue weighted by Crippen LogP contribution is -2.11. The van der Waals surface area contributed by atoms with Gasteiger partial charge in [-0.15, -0.1) is 11.3 Å². The Morgan fingerprint density at radius 1 is 1.38 bits per heavy atom. The fourth-order valence-electron chi connectivity index (χ4n) is 1.53. The molecule has 1 heterocycles. The first-order valence-electron chi connectivity index (χ1n) is 5.66. The van der Waals surface area contributed by atoms with E-state index >= 15 is 0 Å². The van der Waals surface area contributed by atoms with Gasteiger partial charge in [0, 0.05) is 5.69 Å². The van der Waals surface area contributed by atoms with Crippen LogP contribution < -0.4 is 5.32 Å². The van der Waals surface area contributed by atoms with Crippen LogP contribution in [0.15, 0.2) is 24.3 Å². The second kappa shape index (κ2) is 6.92. The maximum atomic E-state index is 13.5. The van der Waals surface area contributed by atoms with Crippen LogP contribution >= 0.6 is 34.5 Å². The highest BCUT2D eigenvalue weighted by Gasteiger charge is 2.14. The molecule has 0 saturated heterocycles. The van der Waals surface area contributed by atoms with Crippen molar-refractivity contribution in [3.8, 4) is 11.8 Å². The van der Waals surface area contributed by atoms with Gasteiger partial charge < -0.3 is 10.4 Å². The fourth-order valence-corrected chi connectivity index (χ4v) is 2.99. The number of carbonyl (C=O) groups excluding carboxylic acids is 1. The Kier molecular flexibility index (Phi) is 5.21. The Morgan fingerprint density at radius 2 is 2.14 bits per heavy atom. The number of aliphatic hydroxyl groups excluding tert-OH is 1. The van der Waals surface area contributed by atoms with E-state index < -0.39 is 11.7 Å². The molecule has 0 bridgehead atoms. The van der Waals surface area contributed by atoms with E-state index in [-0.39, 0.29) is 22.1 Å². The van der Waals surface area contributed by atoms with Crippen LogP contribution in [0.25, 0.3) is 0 Å². The lowest BCUT2D eigenvalue weighted by atomic mass is 10.2. The van der Waals surface area contributed by atoms with Gasteiger partial charge >= 0.3 is 0 Å². The van der Waals surface area contributed by atoms with Crippen molar-refractivity contribution in [2.45, 2.75) is 0 Å². The van der Waals surface area contributed by atoms with Crippen LogP contribution in [-0.2, 0) is 0 Å². The number of rotatable bonds is 2. The molecule has 0 fully saturated rings. The van der Waals surface area contributed by atoms with E-state index in [4.69, 9.17) is 28.3 Å². The largest absolute Gasteiger partial charge is 0.384 e. The predicted molar refractivity (Wildman–Crippen MR) is 82.7 cm³/mol. The zero-order valence-electron chi connectivity index (χ0n) is 10.4. The molecule has 0 aliphatic carbocycles. The van der Waals surface area contributed by atoms with Crippen LogP contribution in [0.2, 0.25) is 8.67 Å². The molecule has 0 radical (unpaired) electrons. The second-order valence-corrected chi connectivity index (χ2v) is 6.13. The predicted octanol–water partition coefficient (Wildman–Crippen LogP) is 3.79. The second-order valence-electron chi connectivity index (χ2n) is 3.85. The molecular formula is C14H8Cl2FNO2S. The van der Waals surface area contributed by atoms with E-state index in [2.05, 4.69) is 17.2 Å². The third-order valence-electron chi connectivity index (χ3n) is 2.43. The summed E-state index contributed by atoms with van der Waals surface area (Å²) in [4.78, 5) is 12.0. The summed E-state index contributed by atoms with van der Waals surface area (Å²) in [5.74, 6) is 3.82. The highest BCUT2D eigenvalue weighted by molar-refractivity contribution is 7.20. The third kappa shape index (κ3) is 3.96. The van der Waals surface area contributed by atoms with Crippen molar-refractivity contribution in [2.24, 2.45) is 0 Å². The number of hydrogen-bond acceptors (Lipinski definition) is 3. The number of amides is 1. The minimum absolute atomic E-state index is 0.0799. The minimum atomic E-state index is -0.537. The van der Waals surface area contributed by atoms with Gasteiger partial charge in [-0.3, -0.25) is 4.79 Å². The third-order valence-corrected chi connectivity index (χ3v) is 3.92. The maximum Gasteiger partial charge on any atom is 0.258 e. The molecule has 1 amide bonds. The average Bonchev–Trinajstić information content (AvgIpc) is 2.78. The first-order valence-corrected chi connectivity index (χ1v) is 7.24. The quantitative estimate of drug-likeness (QED) is 0.815. The molecule has 1 aromatic heterocycles. The minimum Gasteiger partial charge on any atom is -0.384 e. The van der Waals surface area contributed by atoms with Crippen LogP contribution in [0.5, 0.6) is 0 Å². The molecule has 2 rings (SSSR count). The average molecular weight is 344 g/mol. The van der Waals surface area contributed by atoms with Gasteiger partial charge in [0.1, 0.15) is 16.8 Å². The number of benzene rings is 1. The van der Waals surface area contributed by atoms with Gasteiger partial charge in [-0.2, -0.15) is 0 Å². The maximum absolute atomic E-state index is 13.5. The van der Waals surface area contributed by atoms with Crippen LogP contribution in [0.3, 0.4) is 0 Å². The number of thiophene rings is 1. The van der Waals surface area contributed by atoms with Crippen molar-refractivity contribution >= 4 is 46.1 Å². The summed E-state index contributed by atoms with van der Waals surface area (Å²) >= 11 is 12.8. The summed E-state index contributed by atoms with van der Waals surface area (Å²) in [5, 5.41) is 11.2. The molecule has 108 valence electrons. The van der Waals surface area contributed by atoms with Crippen molar-refractivity contribution in [1.82, 2.24) is 0 Å². The molecule has 3 nitrogen and oxygen atoms in total. The van der Waals surface area contributed by atoms with Gasteiger partial charge in [0.05, 0.1) is 15.5 Å². The molecular weight excluding hydrogens is 336 g/mol. The fraction of sp³-hybridized carbons (Fsp3) is 0.0714. The smallest absolute Gasteiger partial charge is 0.258 e. The molecule has 2 N–H and O–H groups in total. The molecule has 0 unspecified atom stereocenters. The monoisotopic (exact) mass is 343 g/mol. The van der Waals surface area contributed by atoms with E-state index in [1.165, 1.54) is 24.3 Å². The van der Waals surface area contributed by atoms with Crippen LogP contribution in [0.1, 0.15) is 15.9 Å². The Balaban J connectivity index is 2.23. The lowest BCUT2D eigenvalue weighted by Gasteiger charge is -2.05. The lowest BCUT2D eigenvalue weighted by molar-refractivity contribution is 0.102. The summed E-state index contributed by atoms with van der Waals surface area (Å²) in [6.45, 7) is -0.376. The number of anilines is 1. The van der Waals surface area contributed by atoms with Crippen molar-refractivity contribution < 1.29 is 14.3 Å². The Morgan fingerprint density at radius 3 is 2.76 bits per heavy atom. The standard InChI is InChI=1S/C14H8Cl2FNO2S/c15-12-7-10(13(16)21-12)14(20)18-9-3-4-11(17)8(6-9)2-1-5-19/h3-4,6-7,19H,5H2,(H,18,20). The topological polar surface area (TPSA) is 49.3 Å². The number of aliphatic hydroxyl groups is 1. The first kappa shape index (κ1) is 15.8. The Hall–Kier alpha value is -1.58. The van der Waals surface area contributed by atoms with Crippen molar-refractivity contribution in [1.29, 1.82) is 0 Å². The molecule has 0 saturated carbocycles. The SMILES string of the molecule is O=C(Nc1ccc(F)c(C#CCO)c1)c1cc(Cl)sc1Cl. The number of halogens is 3. The van der Waals surface area contributed by atoms with Gasteiger partial charge in [-0.05, 0) is 24.3 Å². The molecule has 0 aliphatic heterocycles. The van der Waals surface area contributed by atoms with E-state index in [1.807, 2.05) is 0 Å². The molecule has 7 heteroatoms. The van der Waals surface area contributed by atoms with Gasteiger partial charge in [0.2, 0.25) is 0 Å². The molecule has 1 aromatic carbocycles. The van der Waals surface area contributed by atoms with Crippen LogP contribution in [0.4, 0.5) is 10.1 Å².